The summed E-state index contributed by atoms with van der Waals surface area (Å²) in [4.78, 5) is 20.9. The number of hydrogen-bond acceptors (Lipinski definition) is 3. The summed E-state index contributed by atoms with van der Waals surface area (Å²) in [6.07, 6.45) is 0.936. The van der Waals surface area contributed by atoms with Gasteiger partial charge in [0.15, 0.2) is 5.96 Å². The third-order valence-corrected chi connectivity index (χ3v) is 5.30. The van der Waals surface area contributed by atoms with Crippen LogP contribution in [0.2, 0.25) is 5.02 Å². The molecule has 2 heterocycles. The molecule has 1 aliphatic heterocycles. The van der Waals surface area contributed by atoms with Crippen LogP contribution in [0.1, 0.15) is 23.4 Å². The lowest BCUT2D eigenvalue weighted by Crippen LogP contribution is -2.55. The minimum absolute atomic E-state index is 0.108. The minimum atomic E-state index is 0.108. The Balaban J connectivity index is 1.45. The van der Waals surface area contributed by atoms with Crippen molar-refractivity contribution >= 4 is 23.5 Å². The van der Waals surface area contributed by atoms with Crippen LogP contribution in [-0.4, -0.2) is 64.7 Å². The molecular formula is C21H29ClN6O. The van der Waals surface area contributed by atoms with Gasteiger partial charge in [0.25, 0.3) is 0 Å². The predicted octanol–water partition coefficient (Wildman–Crippen LogP) is 2.46. The SMILES string of the molecule is CN=C(NCCCn1nc(C)cc1C)N1CCN(Cc2ccc(Cl)cc2)C(=O)C1. The van der Waals surface area contributed by atoms with Crippen LogP contribution < -0.4 is 5.32 Å². The van der Waals surface area contributed by atoms with Gasteiger partial charge in [0.2, 0.25) is 5.91 Å². The number of rotatable bonds is 6. The van der Waals surface area contributed by atoms with Gasteiger partial charge in [-0.2, -0.15) is 5.10 Å². The maximum atomic E-state index is 12.6. The zero-order valence-electron chi connectivity index (χ0n) is 17.4. The minimum Gasteiger partial charge on any atom is -0.356 e. The van der Waals surface area contributed by atoms with E-state index in [1.165, 1.54) is 5.69 Å². The lowest BCUT2D eigenvalue weighted by atomic mass is 10.2. The van der Waals surface area contributed by atoms with Gasteiger partial charge in [0, 0.05) is 50.5 Å². The van der Waals surface area contributed by atoms with Gasteiger partial charge in [-0.25, -0.2) is 0 Å². The standard InChI is InChI=1S/C21H29ClN6O/c1-16-13-17(2)28(25-16)10-4-9-24-21(23-3)27-12-11-26(20(29)15-27)14-18-5-7-19(22)8-6-18/h5-8,13H,4,9-12,14-15H2,1-3H3,(H,23,24). The van der Waals surface area contributed by atoms with E-state index in [1.807, 2.05) is 45.7 Å². The maximum Gasteiger partial charge on any atom is 0.242 e. The third-order valence-electron chi connectivity index (χ3n) is 5.05. The molecule has 1 fully saturated rings. The summed E-state index contributed by atoms with van der Waals surface area (Å²) in [6, 6.07) is 9.73. The van der Waals surface area contributed by atoms with Crippen molar-refractivity contribution in [2.75, 3.05) is 33.2 Å². The molecule has 1 aliphatic rings. The van der Waals surface area contributed by atoms with Crippen LogP contribution in [0.25, 0.3) is 0 Å². The summed E-state index contributed by atoms with van der Waals surface area (Å²) in [5.41, 5.74) is 3.30. The first-order chi connectivity index (χ1) is 14.0. The highest BCUT2D eigenvalue weighted by molar-refractivity contribution is 6.30. The number of guanidine groups is 1. The molecule has 7 nitrogen and oxygen atoms in total. The van der Waals surface area contributed by atoms with Crippen LogP contribution in [0.3, 0.4) is 0 Å². The number of nitrogens with one attached hydrogen (secondary N) is 1. The zero-order valence-corrected chi connectivity index (χ0v) is 18.1. The molecule has 156 valence electrons. The third kappa shape index (κ3) is 5.73. The molecule has 0 bridgehead atoms. The smallest absolute Gasteiger partial charge is 0.242 e. The second kappa shape index (κ2) is 9.78. The number of nitrogens with zero attached hydrogens (tertiary/aromatic N) is 5. The largest absolute Gasteiger partial charge is 0.356 e. The van der Waals surface area contributed by atoms with E-state index in [2.05, 4.69) is 28.4 Å². The van der Waals surface area contributed by atoms with Gasteiger partial charge >= 0.3 is 0 Å². The average molecular weight is 417 g/mol. The summed E-state index contributed by atoms with van der Waals surface area (Å²) in [5.74, 6) is 0.884. The van der Waals surface area contributed by atoms with E-state index < -0.39 is 0 Å². The van der Waals surface area contributed by atoms with E-state index in [9.17, 15) is 4.79 Å². The van der Waals surface area contributed by atoms with Gasteiger partial charge in [0.1, 0.15) is 0 Å². The van der Waals surface area contributed by atoms with Crippen LogP contribution in [0.5, 0.6) is 0 Å². The van der Waals surface area contributed by atoms with E-state index >= 15 is 0 Å². The number of aromatic nitrogens is 2. The highest BCUT2D eigenvalue weighted by Gasteiger charge is 2.25. The summed E-state index contributed by atoms with van der Waals surface area (Å²) < 4.78 is 2.03. The monoisotopic (exact) mass is 416 g/mol. The molecule has 3 rings (SSSR count). The molecule has 0 saturated carbocycles. The van der Waals surface area contributed by atoms with E-state index in [1.54, 1.807) is 7.05 Å². The molecule has 0 unspecified atom stereocenters. The van der Waals surface area contributed by atoms with Crippen molar-refractivity contribution in [3.05, 3.63) is 52.3 Å². The van der Waals surface area contributed by atoms with Crippen molar-refractivity contribution in [1.82, 2.24) is 24.9 Å². The van der Waals surface area contributed by atoms with Crippen LogP contribution in [0.4, 0.5) is 0 Å². The highest BCUT2D eigenvalue weighted by Crippen LogP contribution is 2.13. The van der Waals surface area contributed by atoms with Crippen LogP contribution in [0.15, 0.2) is 35.3 Å². The van der Waals surface area contributed by atoms with Crippen molar-refractivity contribution in [1.29, 1.82) is 0 Å². The normalized spacial score (nSPS) is 15.2. The van der Waals surface area contributed by atoms with Crippen LogP contribution >= 0.6 is 11.6 Å². The number of hydrogen-bond donors (Lipinski definition) is 1. The van der Waals surface area contributed by atoms with Crippen molar-refractivity contribution < 1.29 is 4.79 Å². The summed E-state index contributed by atoms with van der Waals surface area (Å²) >= 11 is 5.94. The number of piperazine rings is 1. The number of aliphatic imine (C=N–C) groups is 1. The van der Waals surface area contributed by atoms with Crippen molar-refractivity contribution in [2.45, 2.75) is 33.4 Å². The molecule has 0 spiro atoms. The Morgan fingerprint density at radius 1 is 1.24 bits per heavy atom. The first-order valence-corrected chi connectivity index (χ1v) is 10.3. The van der Waals surface area contributed by atoms with Gasteiger partial charge < -0.3 is 15.1 Å². The van der Waals surface area contributed by atoms with Crippen LogP contribution in [-0.2, 0) is 17.9 Å². The Morgan fingerprint density at radius 2 is 2.00 bits per heavy atom. The predicted molar refractivity (Wildman–Crippen MR) is 116 cm³/mol. The molecule has 1 aromatic carbocycles. The quantitative estimate of drug-likeness (QED) is 0.446. The number of halogens is 1. The number of carbonyl (C=O) groups excluding carboxylic acids is 1. The Bertz CT molecular complexity index is 861. The number of amides is 1. The second-order valence-electron chi connectivity index (χ2n) is 7.34. The van der Waals surface area contributed by atoms with E-state index in [4.69, 9.17) is 11.6 Å². The molecule has 2 aromatic rings. The topological polar surface area (TPSA) is 65.8 Å². The fourth-order valence-corrected chi connectivity index (χ4v) is 3.66. The summed E-state index contributed by atoms with van der Waals surface area (Å²) in [6.45, 7) is 8.10. The van der Waals surface area contributed by atoms with Crippen LogP contribution in [0, 0.1) is 13.8 Å². The fraction of sp³-hybridized carbons (Fsp3) is 0.476. The van der Waals surface area contributed by atoms with E-state index in [-0.39, 0.29) is 5.91 Å². The van der Waals surface area contributed by atoms with Gasteiger partial charge in [-0.05, 0) is 44.0 Å². The van der Waals surface area contributed by atoms with Crippen molar-refractivity contribution in [3.63, 3.8) is 0 Å². The fourth-order valence-electron chi connectivity index (χ4n) is 3.53. The maximum absolute atomic E-state index is 12.6. The Morgan fingerprint density at radius 3 is 2.62 bits per heavy atom. The lowest BCUT2D eigenvalue weighted by Gasteiger charge is -2.36. The molecule has 0 atom stereocenters. The molecule has 0 aliphatic carbocycles. The zero-order chi connectivity index (χ0) is 20.8. The van der Waals surface area contributed by atoms with Crippen molar-refractivity contribution in [2.24, 2.45) is 4.99 Å². The first-order valence-electron chi connectivity index (χ1n) is 9.95. The second-order valence-corrected chi connectivity index (χ2v) is 7.78. The molecule has 8 heteroatoms. The van der Waals surface area contributed by atoms with Gasteiger partial charge in [-0.3, -0.25) is 14.5 Å². The molecule has 1 aromatic heterocycles. The summed E-state index contributed by atoms with van der Waals surface area (Å²) in [5, 5.41) is 8.57. The molecular weight excluding hydrogens is 388 g/mol. The van der Waals surface area contributed by atoms with E-state index in [0.29, 0.717) is 24.7 Å². The van der Waals surface area contributed by atoms with Gasteiger partial charge in [0.05, 0.1) is 12.2 Å². The Labute approximate surface area is 177 Å². The number of aryl methyl sites for hydroxylation is 3. The molecule has 0 radical (unpaired) electrons. The van der Waals surface area contributed by atoms with Crippen molar-refractivity contribution in [3.8, 4) is 0 Å². The van der Waals surface area contributed by atoms with Gasteiger partial charge in [-0.15, -0.1) is 0 Å². The lowest BCUT2D eigenvalue weighted by molar-refractivity contribution is -0.135. The first kappa shape index (κ1) is 21.2. The molecule has 1 amide bonds. The Kier molecular flexibility index (Phi) is 7.14. The van der Waals surface area contributed by atoms with Gasteiger partial charge in [-0.1, -0.05) is 23.7 Å². The Hall–Kier alpha value is -2.54. The van der Waals surface area contributed by atoms with E-state index in [0.717, 1.165) is 43.3 Å². The molecule has 1 N–H and O–H groups in total. The average Bonchev–Trinajstić information content (AvgIpc) is 3.02. The summed E-state index contributed by atoms with van der Waals surface area (Å²) in [7, 11) is 1.76. The number of carbonyl (C=O) groups is 1. The molecule has 1 saturated heterocycles. The number of benzene rings is 1. The highest BCUT2D eigenvalue weighted by atomic mass is 35.5. The molecule has 29 heavy (non-hydrogen) atoms.